The van der Waals surface area contributed by atoms with E-state index in [1.807, 2.05) is 7.05 Å². The minimum atomic E-state index is 0.810. The van der Waals surface area contributed by atoms with Crippen LogP contribution in [0.5, 0.6) is 5.75 Å². The molecule has 2 aromatic rings. The van der Waals surface area contributed by atoms with Crippen molar-refractivity contribution in [2.24, 2.45) is 0 Å². The Morgan fingerprint density at radius 2 is 2.39 bits per heavy atom. The Hall–Kier alpha value is -1.39. The van der Waals surface area contributed by atoms with E-state index in [1.54, 1.807) is 11.3 Å². The van der Waals surface area contributed by atoms with E-state index in [0.717, 1.165) is 36.8 Å². The van der Waals surface area contributed by atoms with Crippen LogP contribution in [0.3, 0.4) is 0 Å². The van der Waals surface area contributed by atoms with Crippen molar-refractivity contribution in [3.8, 4) is 16.3 Å². The molecule has 18 heavy (non-hydrogen) atoms. The van der Waals surface area contributed by atoms with Crippen molar-refractivity contribution in [3.63, 3.8) is 0 Å². The van der Waals surface area contributed by atoms with Crippen LogP contribution in [0.2, 0.25) is 0 Å². The second-order valence-electron chi connectivity index (χ2n) is 4.42. The van der Waals surface area contributed by atoms with E-state index in [2.05, 4.69) is 33.9 Å². The Morgan fingerprint density at radius 3 is 3.28 bits per heavy atom. The first-order chi connectivity index (χ1) is 8.86. The number of thiazole rings is 1. The van der Waals surface area contributed by atoms with Crippen molar-refractivity contribution < 1.29 is 4.74 Å². The van der Waals surface area contributed by atoms with Gasteiger partial charge in [0.25, 0.3) is 0 Å². The van der Waals surface area contributed by atoms with Gasteiger partial charge in [0.1, 0.15) is 10.8 Å². The number of ether oxygens (including phenoxy) is 1. The predicted molar refractivity (Wildman–Crippen MR) is 74.4 cm³/mol. The summed E-state index contributed by atoms with van der Waals surface area (Å²) in [6.07, 6.45) is 2.00. The Labute approximate surface area is 111 Å². The fourth-order valence-corrected chi connectivity index (χ4v) is 2.98. The normalized spacial score (nSPS) is 13.4. The molecule has 94 valence electrons. The number of nitrogens with one attached hydrogen (secondary N) is 1. The van der Waals surface area contributed by atoms with Crippen LogP contribution in [0, 0.1) is 0 Å². The monoisotopic (exact) mass is 260 g/mol. The van der Waals surface area contributed by atoms with Crippen molar-refractivity contribution in [2.75, 3.05) is 20.2 Å². The molecule has 0 bridgehead atoms. The second kappa shape index (κ2) is 5.08. The summed E-state index contributed by atoms with van der Waals surface area (Å²) < 4.78 is 5.52. The van der Waals surface area contributed by atoms with Crippen LogP contribution in [-0.2, 0) is 12.8 Å². The number of nitrogens with zero attached hydrogens (tertiary/aromatic N) is 1. The average Bonchev–Trinajstić information content (AvgIpc) is 3.04. The van der Waals surface area contributed by atoms with Crippen LogP contribution in [-0.4, -0.2) is 25.2 Å². The van der Waals surface area contributed by atoms with Crippen molar-refractivity contribution in [1.29, 1.82) is 0 Å². The highest BCUT2D eigenvalue weighted by atomic mass is 32.1. The van der Waals surface area contributed by atoms with Crippen molar-refractivity contribution in [3.05, 3.63) is 34.8 Å². The summed E-state index contributed by atoms with van der Waals surface area (Å²) >= 11 is 1.72. The van der Waals surface area contributed by atoms with E-state index in [0.29, 0.717) is 0 Å². The number of rotatable bonds is 4. The lowest BCUT2D eigenvalue weighted by atomic mass is 10.1. The van der Waals surface area contributed by atoms with E-state index in [9.17, 15) is 0 Å². The Balaban J connectivity index is 1.83. The molecule has 0 atom stereocenters. The summed E-state index contributed by atoms with van der Waals surface area (Å²) in [5.74, 6) is 1.03. The SMILES string of the molecule is CNCCc1csc(-c2ccc3c(c2)CCO3)n1. The summed E-state index contributed by atoms with van der Waals surface area (Å²) in [5, 5.41) is 6.40. The lowest BCUT2D eigenvalue weighted by molar-refractivity contribution is 0.357. The molecule has 0 amide bonds. The fourth-order valence-electron chi connectivity index (χ4n) is 2.13. The van der Waals surface area contributed by atoms with Crippen LogP contribution < -0.4 is 10.1 Å². The average molecular weight is 260 g/mol. The third-order valence-electron chi connectivity index (χ3n) is 3.12. The van der Waals surface area contributed by atoms with Gasteiger partial charge in [-0.25, -0.2) is 4.98 Å². The predicted octanol–water partition coefficient (Wildman–Crippen LogP) is 2.51. The summed E-state index contributed by atoms with van der Waals surface area (Å²) in [7, 11) is 1.97. The number of hydrogen-bond acceptors (Lipinski definition) is 4. The van der Waals surface area contributed by atoms with Gasteiger partial charge in [0.05, 0.1) is 12.3 Å². The molecule has 0 spiro atoms. The lowest BCUT2D eigenvalue weighted by Crippen LogP contribution is -2.10. The quantitative estimate of drug-likeness (QED) is 0.917. The number of benzene rings is 1. The molecule has 0 aliphatic carbocycles. The van der Waals surface area contributed by atoms with Crippen molar-refractivity contribution in [1.82, 2.24) is 10.3 Å². The van der Waals surface area contributed by atoms with Crippen LogP contribution in [0.25, 0.3) is 10.6 Å². The zero-order chi connectivity index (χ0) is 12.4. The Kier molecular flexibility index (Phi) is 3.30. The Morgan fingerprint density at radius 1 is 1.44 bits per heavy atom. The molecule has 4 heteroatoms. The smallest absolute Gasteiger partial charge is 0.123 e. The summed E-state index contributed by atoms with van der Waals surface area (Å²) in [5.41, 5.74) is 3.68. The van der Waals surface area contributed by atoms with Gasteiger partial charge >= 0.3 is 0 Å². The van der Waals surface area contributed by atoms with Gasteiger partial charge in [0.2, 0.25) is 0 Å². The maximum absolute atomic E-state index is 5.52. The molecular weight excluding hydrogens is 244 g/mol. The molecule has 1 aromatic heterocycles. The summed E-state index contributed by atoms with van der Waals surface area (Å²) in [6.45, 7) is 1.78. The maximum Gasteiger partial charge on any atom is 0.123 e. The lowest BCUT2D eigenvalue weighted by Gasteiger charge is -2.01. The largest absolute Gasteiger partial charge is 0.493 e. The summed E-state index contributed by atoms with van der Waals surface area (Å²) in [6, 6.07) is 6.38. The third-order valence-corrected chi connectivity index (χ3v) is 4.06. The van der Waals surface area contributed by atoms with E-state index in [1.165, 1.54) is 16.8 Å². The number of likely N-dealkylation sites (N-methyl/N-ethyl adjacent to an activating group) is 1. The van der Waals surface area contributed by atoms with Gasteiger partial charge < -0.3 is 10.1 Å². The molecule has 0 fully saturated rings. The van der Waals surface area contributed by atoms with E-state index in [-0.39, 0.29) is 0 Å². The molecule has 0 unspecified atom stereocenters. The first-order valence-corrected chi connectivity index (χ1v) is 7.10. The van der Waals surface area contributed by atoms with E-state index < -0.39 is 0 Å². The minimum absolute atomic E-state index is 0.810. The fraction of sp³-hybridized carbons (Fsp3) is 0.357. The highest BCUT2D eigenvalue weighted by Gasteiger charge is 2.13. The summed E-state index contributed by atoms with van der Waals surface area (Å²) in [4.78, 5) is 4.68. The van der Waals surface area contributed by atoms with Crippen LogP contribution in [0.4, 0.5) is 0 Å². The molecule has 1 aliphatic heterocycles. The first kappa shape index (κ1) is 11.7. The molecular formula is C14H16N2OS. The van der Waals surface area contributed by atoms with Crippen molar-refractivity contribution >= 4 is 11.3 Å². The standard InChI is InChI=1S/C14H16N2OS/c1-15-6-4-12-9-18-14(16-12)11-2-3-13-10(8-11)5-7-17-13/h2-3,8-9,15H,4-7H2,1H3. The maximum atomic E-state index is 5.52. The van der Waals surface area contributed by atoms with Crippen LogP contribution in [0.15, 0.2) is 23.6 Å². The molecule has 1 aromatic carbocycles. The number of hydrogen-bond donors (Lipinski definition) is 1. The van der Waals surface area contributed by atoms with Crippen molar-refractivity contribution in [2.45, 2.75) is 12.8 Å². The molecule has 2 heterocycles. The first-order valence-electron chi connectivity index (χ1n) is 6.22. The Bertz CT molecular complexity index is 550. The zero-order valence-electron chi connectivity index (χ0n) is 10.4. The highest BCUT2D eigenvalue weighted by Crippen LogP contribution is 2.31. The van der Waals surface area contributed by atoms with Gasteiger partial charge in [-0.15, -0.1) is 11.3 Å². The van der Waals surface area contributed by atoms with Gasteiger partial charge in [0, 0.05) is 30.3 Å². The van der Waals surface area contributed by atoms with Gasteiger partial charge in [0.15, 0.2) is 0 Å². The van der Waals surface area contributed by atoms with E-state index >= 15 is 0 Å². The molecule has 0 saturated carbocycles. The highest BCUT2D eigenvalue weighted by molar-refractivity contribution is 7.13. The topological polar surface area (TPSA) is 34.1 Å². The van der Waals surface area contributed by atoms with Gasteiger partial charge in [-0.1, -0.05) is 0 Å². The second-order valence-corrected chi connectivity index (χ2v) is 5.28. The van der Waals surface area contributed by atoms with E-state index in [4.69, 9.17) is 4.74 Å². The number of fused-ring (bicyclic) bond motifs is 1. The number of aromatic nitrogens is 1. The third kappa shape index (κ3) is 2.26. The zero-order valence-corrected chi connectivity index (χ0v) is 11.2. The van der Waals surface area contributed by atoms with Gasteiger partial charge in [-0.2, -0.15) is 0 Å². The van der Waals surface area contributed by atoms with Gasteiger partial charge in [-0.3, -0.25) is 0 Å². The molecule has 1 aliphatic rings. The molecule has 0 saturated heterocycles. The molecule has 0 radical (unpaired) electrons. The molecule has 3 nitrogen and oxygen atoms in total. The minimum Gasteiger partial charge on any atom is -0.493 e. The van der Waals surface area contributed by atoms with Crippen LogP contribution >= 0.6 is 11.3 Å². The molecule has 1 N–H and O–H groups in total. The molecule has 3 rings (SSSR count). The van der Waals surface area contributed by atoms with Crippen LogP contribution in [0.1, 0.15) is 11.3 Å². The van der Waals surface area contributed by atoms with Gasteiger partial charge in [-0.05, 0) is 30.8 Å².